The van der Waals surface area contributed by atoms with Crippen molar-refractivity contribution < 1.29 is 18.8 Å². The third kappa shape index (κ3) is 2.00. The lowest BCUT2D eigenvalue weighted by molar-refractivity contribution is -0.133. The molecule has 16 heavy (non-hydrogen) atoms. The molecule has 0 amide bonds. The monoisotopic (exact) mass is 218 g/mol. The molecule has 0 radical (unpaired) electrons. The minimum atomic E-state index is -1.08. The van der Waals surface area contributed by atoms with Crippen LogP contribution in [0.1, 0.15) is 18.6 Å². The fourth-order valence-corrected chi connectivity index (χ4v) is 1.68. The lowest BCUT2D eigenvalue weighted by Crippen LogP contribution is -2.23. The quantitative estimate of drug-likeness (QED) is 0.568. The molecule has 0 spiro atoms. The lowest BCUT2D eigenvalue weighted by Gasteiger charge is -1.99. The molecule has 1 aromatic heterocycles. The van der Waals surface area contributed by atoms with Gasteiger partial charge in [-0.15, -0.1) is 0 Å². The van der Waals surface area contributed by atoms with Crippen molar-refractivity contribution in [3.05, 3.63) is 30.2 Å². The van der Waals surface area contributed by atoms with Crippen LogP contribution in [0.25, 0.3) is 6.08 Å². The molecule has 0 N–H and O–H groups in total. The topological polar surface area (TPSA) is 64.3 Å². The van der Waals surface area contributed by atoms with Gasteiger partial charge >= 0.3 is 0 Å². The van der Waals surface area contributed by atoms with Crippen molar-refractivity contribution in [3.8, 4) is 0 Å². The minimum Gasteiger partial charge on any atom is -0.465 e. The molecule has 1 saturated carbocycles. The Morgan fingerprint density at radius 1 is 1.31 bits per heavy atom. The van der Waals surface area contributed by atoms with Crippen molar-refractivity contribution in [1.29, 1.82) is 0 Å². The summed E-state index contributed by atoms with van der Waals surface area (Å²) in [6.45, 7) is 0. The van der Waals surface area contributed by atoms with Gasteiger partial charge in [0.25, 0.3) is 0 Å². The van der Waals surface area contributed by atoms with Gasteiger partial charge in [0.15, 0.2) is 17.3 Å². The van der Waals surface area contributed by atoms with E-state index in [9.17, 15) is 14.4 Å². The first kappa shape index (κ1) is 10.5. The maximum atomic E-state index is 11.6. The van der Waals surface area contributed by atoms with Gasteiger partial charge < -0.3 is 4.42 Å². The second-order valence-electron chi connectivity index (χ2n) is 3.62. The summed E-state index contributed by atoms with van der Waals surface area (Å²) in [6, 6.07) is 3.37. The fraction of sp³-hybridized carbons (Fsp3) is 0.250. The second-order valence-corrected chi connectivity index (χ2v) is 3.62. The molecule has 0 saturated heterocycles. The molecule has 0 aliphatic heterocycles. The normalized spacial score (nSPS) is 17.5. The van der Waals surface area contributed by atoms with Gasteiger partial charge in [0.2, 0.25) is 0 Å². The number of hydrogen-bond acceptors (Lipinski definition) is 4. The van der Waals surface area contributed by atoms with Gasteiger partial charge in [0.1, 0.15) is 11.7 Å². The fourth-order valence-electron chi connectivity index (χ4n) is 1.68. The summed E-state index contributed by atoms with van der Waals surface area (Å²) in [5, 5.41) is 0. The van der Waals surface area contributed by atoms with E-state index in [0.29, 0.717) is 5.76 Å². The van der Waals surface area contributed by atoms with E-state index in [0.717, 1.165) is 0 Å². The largest absolute Gasteiger partial charge is 0.465 e. The van der Waals surface area contributed by atoms with Gasteiger partial charge in [-0.2, -0.15) is 0 Å². The van der Waals surface area contributed by atoms with Crippen LogP contribution in [0.15, 0.2) is 28.9 Å². The average Bonchev–Trinajstić information content (AvgIpc) is 2.86. The van der Waals surface area contributed by atoms with E-state index in [1.807, 2.05) is 0 Å². The molecular formula is C12H10O4. The second kappa shape index (κ2) is 4.26. The number of hydrogen-bond donors (Lipinski definition) is 0. The number of furan rings is 1. The molecule has 0 unspecified atom stereocenters. The van der Waals surface area contributed by atoms with Crippen LogP contribution in [0.5, 0.6) is 0 Å². The Labute approximate surface area is 91.9 Å². The van der Waals surface area contributed by atoms with Crippen molar-refractivity contribution in [2.45, 2.75) is 12.8 Å². The number of carbonyl (C=O) groups excluding carboxylic acids is 3. The van der Waals surface area contributed by atoms with Crippen LogP contribution in [-0.4, -0.2) is 17.3 Å². The molecule has 0 aromatic carbocycles. The molecule has 1 heterocycles. The number of allylic oxidation sites excluding steroid dienone is 1. The average molecular weight is 218 g/mol. The molecule has 1 aromatic rings. The Morgan fingerprint density at radius 2 is 2.00 bits per heavy atom. The van der Waals surface area contributed by atoms with E-state index in [1.54, 1.807) is 12.1 Å². The van der Waals surface area contributed by atoms with E-state index < -0.39 is 11.7 Å². The van der Waals surface area contributed by atoms with Crippen molar-refractivity contribution in [2.24, 2.45) is 5.92 Å². The van der Waals surface area contributed by atoms with Gasteiger partial charge in [-0.1, -0.05) is 0 Å². The molecule has 1 fully saturated rings. The summed E-state index contributed by atoms with van der Waals surface area (Å²) < 4.78 is 4.99. The highest BCUT2D eigenvalue weighted by molar-refractivity contribution is 6.26. The molecule has 4 nitrogen and oxygen atoms in total. The summed E-state index contributed by atoms with van der Waals surface area (Å²) in [6.07, 6.45) is 4.54. The Hall–Kier alpha value is -1.97. The third-order valence-corrected chi connectivity index (χ3v) is 2.50. The Morgan fingerprint density at radius 3 is 2.56 bits per heavy atom. The lowest BCUT2D eigenvalue weighted by atomic mass is 10.0. The predicted molar refractivity (Wildman–Crippen MR) is 55.5 cm³/mol. The molecule has 82 valence electrons. The Bertz CT molecular complexity index is 437. The smallest absolute Gasteiger partial charge is 0.173 e. The number of rotatable bonds is 3. The van der Waals surface area contributed by atoms with E-state index >= 15 is 0 Å². The number of ketones is 3. The molecule has 2 rings (SSSR count). The minimum absolute atomic E-state index is 0.184. The van der Waals surface area contributed by atoms with E-state index in [2.05, 4.69) is 0 Å². The predicted octanol–water partition coefficient (Wildman–Crippen LogP) is 1.41. The first-order valence-corrected chi connectivity index (χ1v) is 4.99. The van der Waals surface area contributed by atoms with Crippen molar-refractivity contribution in [1.82, 2.24) is 0 Å². The summed E-state index contributed by atoms with van der Waals surface area (Å²) in [7, 11) is 0. The van der Waals surface area contributed by atoms with Crippen LogP contribution >= 0.6 is 0 Å². The molecule has 0 bridgehead atoms. The summed E-state index contributed by atoms with van der Waals surface area (Å²) in [5.74, 6) is -1.57. The van der Waals surface area contributed by atoms with E-state index in [4.69, 9.17) is 4.42 Å². The summed E-state index contributed by atoms with van der Waals surface area (Å²) in [4.78, 5) is 34.2. The van der Waals surface area contributed by atoms with Crippen LogP contribution in [0.3, 0.4) is 0 Å². The van der Waals surface area contributed by atoms with Crippen LogP contribution in [0.2, 0.25) is 0 Å². The van der Waals surface area contributed by atoms with Gasteiger partial charge in [0, 0.05) is 12.8 Å². The molecule has 1 aliphatic rings. The standard InChI is InChI=1S/C12H10O4/c13-9(4-3-8-2-1-7-16-8)12-10(14)5-6-11(12)15/h1-4,7,12H,5-6H2. The zero-order valence-corrected chi connectivity index (χ0v) is 8.51. The van der Waals surface area contributed by atoms with Crippen LogP contribution < -0.4 is 0 Å². The Kier molecular flexibility index (Phi) is 2.81. The molecule has 0 atom stereocenters. The molecular weight excluding hydrogens is 208 g/mol. The highest BCUT2D eigenvalue weighted by atomic mass is 16.3. The van der Waals surface area contributed by atoms with Crippen molar-refractivity contribution >= 4 is 23.4 Å². The van der Waals surface area contributed by atoms with E-state index in [1.165, 1.54) is 18.4 Å². The van der Waals surface area contributed by atoms with Gasteiger partial charge in [-0.25, -0.2) is 0 Å². The summed E-state index contributed by atoms with van der Waals surface area (Å²) >= 11 is 0. The summed E-state index contributed by atoms with van der Waals surface area (Å²) in [5.41, 5.74) is 0. The maximum Gasteiger partial charge on any atom is 0.173 e. The van der Waals surface area contributed by atoms with E-state index in [-0.39, 0.29) is 24.4 Å². The molecule has 4 heteroatoms. The third-order valence-electron chi connectivity index (χ3n) is 2.50. The number of carbonyl (C=O) groups is 3. The van der Waals surface area contributed by atoms with Crippen molar-refractivity contribution in [3.63, 3.8) is 0 Å². The first-order valence-electron chi connectivity index (χ1n) is 4.99. The zero-order valence-electron chi connectivity index (χ0n) is 8.51. The van der Waals surface area contributed by atoms with Crippen molar-refractivity contribution in [2.75, 3.05) is 0 Å². The Balaban J connectivity index is 2.08. The van der Waals surface area contributed by atoms with Gasteiger partial charge in [0.05, 0.1) is 6.26 Å². The highest BCUT2D eigenvalue weighted by Gasteiger charge is 2.37. The SMILES string of the molecule is O=C(C=Cc1ccco1)C1C(=O)CCC1=O. The molecule has 1 aliphatic carbocycles. The maximum absolute atomic E-state index is 11.6. The highest BCUT2D eigenvalue weighted by Crippen LogP contribution is 2.19. The van der Waals surface area contributed by atoms with Gasteiger partial charge in [-0.05, 0) is 24.3 Å². The van der Waals surface area contributed by atoms with Crippen LogP contribution in [0.4, 0.5) is 0 Å². The van der Waals surface area contributed by atoms with Crippen LogP contribution in [-0.2, 0) is 14.4 Å². The first-order chi connectivity index (χ1) is 7.68. The van der Waals surface area contributed by atoms with Gasteiger partial charge in [-0.3, -0.25) is 14.4 Å². The zero-order chi connectivity index (χ0) is 11.5. The van der Waals surface area contributed by atoms with Crippen LogP contribution in [0, 0.1) is 5.92 Å². The number of Topliss-reactive ketones (excluding diaryl/α,β-unsaturated/α-hetero) is 2.